The molecule has 1 amide bonds. The number of anilines is 1. The first kappa shape index (κ1) is 22.4. The third-order valence-electron chi connectivity index (χ3n) is 4.47. The number of fused-ring (bicyclic) bond motifs is 1. The Labute approximate surface area is 169 Å². The highest BCUT2D eigenvalue weighted by atomic mass is 35.5. The Bertz CT molecular complexity index is 651. The second kappa shape index (κ2) is 9.92. The van der Waals surface area contributed by atoms with Gasteiger partial charge in [0.25, 0.3) is 5.91 Å². The van der Waals surface area contributed by atoms with Crippen LogP contribution in [0.2, 0.25) is 0 Å². The van der Waals surface area contributed by atoms with Crippen LogP contribution in [0, 0.1) is 5.92 Å². The summed E-state index contributed by atoms with van der Waals surface area (Å²) in [5.74, 6) is 0.518. The van der Waals surface area contributed by atoms with Gasteiger partial charge >= 0.3 is 0 Å². The normalized spacial score (nSPS) is 16.0. The van der Waals surface area contributed by atoms with Gasteiger partial charge in [-0.15, -0.1) is 36.2 Å². The Balaban J connectivity index is 0.00000156. The van der Waals surface area contributed by atoms with Gasteiger partial charge in [-0.3, -0.25) is 4.79 Å². The molecule has 0 saturated heterocycles. The fourth-order valence-electron chi connectivity index (χ4n) is 3.17. The van der Waals surface area contributed by atoms with Gasteiger partial charge in [-0.25, -0.2) is 4.98 Å². The van der Waals surface area contributed by atoms with E-state index in [-0.39, 0.29) is 36.8 Å². The van der Waals surface area contributed by atoms with Crippen LogP contribution in [0.5, 0.6) is 0 Å². The van der Waals surface area contributed by atoms with Crippen molar-refractivity contribution in [3.05, 3.63) is 10.9 Å². The van der Waals surface area contributed by atoms with Crippen LogP contribution in [-0.2, 0) is 0 Å². The van der Waals surface area contributed by atoms with Gasteiger partial charge in [0, 0.05) is 26.7 Å². The van der Waals surface area contributed by atoms with Crippen molar-refractivity contribution in [3.8, 4) is 0 Å². The molecule has 1 aliphatic rings. The number of hydrogen-bond donors (Lipinski definition) is 2. The third-order valence-corrected chi connectivity index (χ3v) is 6.80. The molecule has 0 aromatic carbocycles. The summed E-state index contributed by atoms with van der Waals surface area (Å²) in [5.41, 5.74) is 5.91. The number of aromatic nitrogens is 1. The second-order valence-electron chi connectivity index (χ2n) is 6.38. The van der Waals surface area contributed by atoms with Crippen LogP contribution in [-0.4, -0.2) is 37.6 Å². The zero-order chi connectivity index (χ0) is 16.4. The number of nitrogens with two attached hydrogens (primary N) is 1. The average molecular weight is 425 g/mol. The largest absolute Gasteiger partial charge is 0.354 e. The van der Waals surface area contributed by atoms with Gasteiger partial charge < -0.3 is 16.0 Å². The first-order valence-corrected chi connectivity index (χ1v) is 9.80. The van der Waals surface area contributed by atoms with Crippen molar-refractivity contribution in [1.29, 1.82) is 0 Å². The van der Waals surface area contributed by atoms with Gasteiger partial charge in [-0.1, -0.05) is 30.6 Å². The first-order chi connectivity index (χ1) is 11.1. The topological polar surface area (TPSA) is 71.2 Å². The molecule has 0 bridgehead atoms. The lowest BCUT2D eigenvalue weighted by molar-refractivity contribution is 0.0920. The van der Waals surface area contributed by atoms with E-state index in [2.05, 4.69) is 10.3 Å². The number of halogens is 2. The maximum atomic E-state index is 12.6. The Morgan fingerprint density at radius 1 is 1.32 bits per heavy atom. The highest BCUT2D eigenvalue weighted by molar-refractivity contribution is 7.29. The van der Waals surface area contributed by atoms with E-state index in [1.165, 1.54) is 43.4 Å². The van der Waals surface area contributed by atoms with E-state index in [4.69, 9.17) is 5.73 Å². The molecule has 25 heavy (non-hydrogen) atoms. The number of hydrogen-bond acceptors (Lipinski definition) is 6. The summed E-state index contributed by atoms with van der Waals surface area (Å²) in [4.78, 5) is 20.8. The van der Waals surface area contributed by atoms with Crippen molar-refractivity contribution < 1.29 is 4.79 Å². The molecule has 0 spiro atoms. The van der Waals surface area contributed by atoms with Gasteiger partial charge in [0.2, 0.25) is 0 Å². The molecule has 0 radical (unpaired) electrons. The van der Waals surface area contributed by atoms with E-state index in [0.29, 0.717) is 12.5 Å². The predicted octanol–water partition coefficient (Wildman–Crippen LogP) is 3.90. The molecule has 1 fully saturated rings. The van der Waals surface area contributed by atoms with Gasteiger partial charge in [0.1, 0.15) is 4.83 Å². The number of carbonyl (C=O) groups excluding carboxylic acids is 1. The maximum absolute atomic E-state index is 12.6. The Morgan fingerprint density at radius 2 is 2.00 bits per heavy atom. The molecular formula is C16H26Cl2N4OS2. The molecular weight excluding hydrogens is 399 g/mol. The van der Waals surface area contributed by atoms with Crippen LogP contribution in [0.4, 0.5) is 5.13 Å². The van der Waals surface area contributed by atoms with Crippen molar-refractivity contribution in [2.75, 3.05) is 25.5 Å². The SMILES string of the molecule is CN(C)c1nc2sc(C(=O)NC(CN)C3CCCCC3)cc2s1.Cl.Cl. The molecule has 142 valence electrons. The number of nitrogens with one attached hydrogen (secondary N) is 1. The zero-order valence-electron chi connectivity index (χ0n) is 14.5. The van der Waals surface area contributed by atoms with E-state index < -0.39 is 0 Å². The Morgan fingerprint density at radius 3 is 2.56 bits per heavy atom. The minimum Gasteiger partial charge on any atom is -0.354 e. The van der Waals surface area contributed by atoms with Crippen molar-refractivity contribution in [1.82, 2.24) is 10.3 Å². The standard InChI is InChI=1S/C16H24N4OS2.2ClH/c1-20(2)16-19-15-13(23-16)8-12(22-15)14(21)18-11(9-17)10-6-4-3-5-7-10;;/h8,10-11H,3-7,9,17H2,1-2H3,(H,18,21);2*1H. The highest BCUT2D eigenvalue weighted by Crippen LogP contribution is 2.34. The van der Waals surface area contributed by atoms with E-state index in [9.17, 15) is 4.79 Å². The highest BCUT2D eigenvalue weighted by Gasteiger charge is 2.25. The summed E-state index contributed by atoms with van der Waals surface area (Å²) < 4.78 is 1.07. The smallest absolute Gasteiger partial charge is 0.261 e. The summed E-state index contributed by atoms with van der Waals surface area (Å²) in [5, 5.41) is 4.13. The van der Waals surface area contributed by atoms with Crippen LogP contribution in [0.1, 0.15) is 41.8 Å². The van der Waals surface area contributed by atoms with Crippen molar-refractivity contribution in [3.63, 3.8) is 0 Å². The quantitative estimate of drug-likeness (QED) is 0.762. The maximum Gasteiger partial charge on any atom is 0.261 e. The minimum atomic E-state index is -0.00683. The molecule has 2 heterocycles. The lowest BCUT2D eigenvalue weighted by Crippen LogP contribution is -2.45. The molecule has 5 nitrogen and oxygen atoms in total. The molecule has 0 aliphatic heterocycles. The fourth-order valence-corrected chi connectivity index (χ4v) is 5.21. The summed E-state index contributed by atoms with van der Waals surface area (Å²) >= 11 is 3.08. The minimum absolute atomic E-state index is 0. The molecule has 1 atom stereocenters. The van der Waals surface area contributed by atoms with Gasteiger partial charge in [-0.05, 0) is 24.8 Å². The summed E-state index contributed by atoms with van der Waals surface area (Å²) in [6, 6.07) is 2.04. The first-order valence-electron chi connectivity index (χ1n) is 8.17. The van der Waals surface area contributed by atoms with Crippen LogP contribution < -0.4 is 16.0 Å². The van der Waals surface area contributed by atoms with E-state index in [0.717, 1.165) is 19.5 Å². The fraction of sp³-hybridized carbons (Fsp3) is 0.625. The Kier molecular flexibility index (Phi) is 8.91. The number of thiazole rings is 1. The molecule has 2 aromatic heterocycles. The van der Waals surface area contributed by atoms with Crippen molar-refractivity contribution in [2.24, 2.45) is 11.7 Å². The predicted molar refractivity (Wildman–Crippen MR) is 113 cm³/mol. The number of thiophene rings is 1. The van der Waals surface area contributed by atoms with Crippen LogP contribution in [0.25, 0.3) is 9.53 Å². The molecule has 1 aliphatic carbocycles. The van der Waals surface area contributed by atoms with E-state index in [1.54, 1.807) is 11.3 Å². The average Bonchev–Trinajstić information content (AvgIpc) is 3.12. The third kappa shape index (κ3) is 5.20. The summed E-state index contributed by atoms with van der Waals surface area (Å²) in [6.45, 7) is 0.513. The van der Waals surface area contributed by atoms with Crippen molar-refractivity contribution >= 4 is 68.1 Å². The number of carbonyl (C=O) groups is 1. The van der Waals surface area contributed by atoms with E-state index >= 15 is 0 Å². The second-order valence-corrected chi connectivity index (χ2v) is 8.42. The zero-order valence-corrected chi connectivity index (χ0v) is 17.8. The summed E-state index contributed by atoms with van der Waals surface area (Å²) in [7, 11) is 3.96. The number of rotatable bonds is 5. The molecule has 1 unspecified atom stereocenters. The van der Waals surface area contributed by atoms with Crippen molar-refractivity contribution in [2.45, 2.75) is 38.1 Å². The molecule has 1 saturated carbocycles. The summed E-state index contributed by atoms with van der Waals surface area (Å²) in [6.07, 6.45) is 6.17. The lowest BCUT2D eigenvalue weighted by Gasteiger charge is -2.29. The Hall–Kier alpha value is -0.600. The molecule has 2 aromatic rings. The van der Waals surface area contributed by atoms with Gasteiger partial charge in [0.05, 0.1) is 9.58 Å². The van der Waals surface area contributed by atoms with Crippen LogP contribution in [0.3, 0.4) is 0 Å². The van der Waals surface area contributed by atoms with Crippen LogP contribution in [0.15, 0.2) is 6.07 Å². The van der Waals surface area contributed by atoms with Gasteiger partial charge in [0.15, 0.2) is 5.13 Å². The van der Waals surface area contributed by atoms with Gasteiger partial charge in [-0.2, -0.15) is 0 Å². The molecule has 3 N–H and O–H groups in total. The molecule has 3 rings (SSSR count). The lowest BCUT2D eigenvalue weighted by atomic mass is 9.84. The van der Waals surface area contributed by atoms with E-state index in [1.807, 2.05) is 25.1 Å². The molecule has 9 heteroatoms. The van der Waals surface area contributed by atoms with Crippen LogP contribution >= 0.6 is 47.5 Å². The monoisotopic (exact) mass is 424 g/mol. The number of nitrogens with zero attached hydrogens (tertiary/aromatic N) is 2. The number of amides is 1.